The Kier molecular flexibility index (Phi) is 7.02. The second-order valence-electron chi connectivity index (χ2n) is 16.4. The first kappa shape index (κ1) is 34.1. The van der Waals surface area contributed by atoms with Gasteiger partial charge in [-0.2, -0.15) is 0 Å². The average molecular weight is 805 g/mol. The van der Waals surface area contributed by atoms with E-state index in [4.69, 9.17) is 23.8 Å². The lowest BCUT2D eigenvalue weighted by Crippen LogP contribution is -2.01. The maximum absolute atomic E-state index is 7.00. The van der Waals surface area contributed by atoms with Crippen LogP contribution < -0.4 is 0 Å². The van der Waals surface area contributed by atoms with E-state index in [1.165, 1.54) is 32.3 Å². The Morgan fingerprint density at radius 2 is 0.841 bits per heavy atom. The number of furan rings is 2. The summed E-state index contributed by atoms with van der Waals surface area (Å²) < 4.78 is 15.6. The lowest BCUT2D eigenvalue weighted by Gasteiger charge is -2.13. The Morgan fingerprint density at radius 3 is 1.52 bits per heavy atom. The van der Waals surface area contributed by atoms with Gasteiger partial charge in [-0.15, -0.1) is 0 Å². The van der Waals surface area contributed by atoms with Crippen molar-refractivity contribution in [3.8, 4) is 39.9 Å². The Balaban J connectivity index is 1.06. The predicted octanol–water partition coefficient (Wildman–Crippen LogP) is 15.2. The fourth-order valence-electron chi connectivity index (χ4n) is 9.77. The van der Waals surface area contributed by atoms with Crippen molar-refractivity contribution in [3.63, 3.8) is 0 Å². The molecule has 0 aliphatic rings. The van der Waals surface area contributed by atoms with Crippen molar-refractivity contribution in [3.05, 3.63) is 194 Å². The molecule has 0 bridgehead atoms. The van der Waals surface area contributed by atoms with Gasteiger partial charge in [-0.3, -0.25) is 0 Å². The summed E-state index contributed by atoms with van der Waals surface area (Å²) in [5.74, 6) is 1.72. The van der Waals surface area contributed by atoms with E-state index in [1.807, 2.05) is 42.5 Å². The van der Waals surface area contributed by atoms with Gasteiger partial charge in [-0.05, 0) is 105 Å². The maximum Gasteiger partial charge on any atom is 0.164 e. The topological polar surface area (TPSA) is 69.9 Å². The molecular weight excluding hydrogens is 773 g/mol. The summed E-state index contributed by atoms with van der Waals surface area (Å²) in [5.41, 5.74) is 9.00. The van der Waals surface area contributed by atoms with Crippen LogP contribution in [0.5, 0.6) is 0 Å². The molecule has 0 amide bonds. The van der Waals surface area contributed by atoms with Gasteiger partial charge in [0.15, 0.2) is 23.1 Å². The molecule has 10 aromatic carbocycles. The number of benzene rings is 10. The molecule has 63 heavy (non-hydrogen) atoms. The molecule has 0 unspecified atom stereocenters. The average Bonchev–Trinajstić information content (AvgIpc) is 4.01. The van der Waals surface area contributed by atoms with E-state index in [-0.39, 0.29) is 0 Å². The Hall–Kier alpha value is -8.61. The lowest BCUT2D eigenvalue weighted by molar-refractivity contribution is 0.666. The quantitative estimate of drug-likeness (QED) is 0.177. The van der Waals surface area contributed by atoms with E-state index in [0.29, 0.717) is 17.5 Å². The molecule has 4 heterocycles. The molecule has 0 fully saturated rings. The number of para-hydroxylation sites is 2. The van der Waals surface area contributed by atoms with Gasteiger partial charge in [-0.25, -0.2) is 15.0 Å². The van der Waals surface area contributed by atoms with E-state index in [2.05, 4.69) is 156 Å². The van der Waals surface area contributed by atoms with Gasteiger partial charge < -0.3 is 13.4 Å². The van der Waals surface area contributed by atoms with Crippen molar-refractivity contribution in [2.24, 2.45) is 0 Å². The zero-order valence-electron chi connectivity index (χ0n) is 33.6. The van der Waals surface area contributed by atoms with E-state index >= 15 is 0 Å². The number of fused-ring (bicyclic) bond motifs is 12. The van der Waals surface area contributed by atoms with E-state index in [9.17, 15) is 0 Å². The van der Waals surface area contributed by atoms with Crippen LogP contribution in [-0.4, -0.2) is 19.5 Å². The monoisotopic (exact) mass is 804 g/mol. The molecule has 0 aliphatic carbocycles. The van der Waals surface area contributed by atoms with Crippen molar-refractivity contribution in [2.45, 2.75) is 0 Å². The molecule has 6 nitrogen and oxygen atoms in total. The van der Waals surface area contributed by atoms with Gasteiger partial charge in [0.1, 0.15) is 16.7 Å². The van der Waals surface area contributed by atoms with E-state index in [0.717, 1.165) is 88.1 Å². The lowest BCUT2D eigenvalue weighted by atomic mass is 10.0. The summed E-state index contributed by atoms with van der Waals surface area (Å²) in [6.45, 7) is 0. The van der Waals surface area contributed by atoms with E-state index in [1.54, 1.807) is 0 Å². The van der Waals surface area contributed by atoms with Gasteiger partial charge in [0.25, 0.3) is 0 Å². The number of aromatic nitrogens is 4. The normalized spacial score (nSPS) is 12.1. The molecule has 0 saturated carbocycles. The van der Waals surface area contributed by atoms with Crippen molar-refractivity contribution >= 4 is 98.0 Å². The Bertz CT molecular complexity index is 4140. The molecule has 4 aromatic heterocycles. The highest BCUT2D eigenvalue weighted by atomic mass is 16.3. The molecule has 292 valence electrons. The third-order valence-electron chi connectivity index (χ3n) is 12.8. The number of nitrogens with zero attached hydrogens (tertiary/aromatic N) is 4. The van der Waals surface area contributed by atoms with E-state index < -0.39 is 0 Å². The minimum Gasteiger partial charge on any atom is -0.456 e. The second kappa shape index (κ2) is 12.9. The largest absolute Gasteiger partial charge is 0.456 e. The molecule has 14 rings (SSSR count). The third kappa shape index (κ3) is 5.15. The van der Waals surface area contributed by atoms with Gasteiger partial charge >= 0.3 is 0 Å². The van der Waals surface area contributed by atoms with Crippen LogP contribution in [0.25, 0.3) is 138 Å². The van der Waals surface area contributed by atoms with Crippen LogP contribution >= 0.6 is 0 Å². The molecule has 0 radical (unpaired) electrons. The first-order chi connectivity index (χ1) is 31.2. The van der Waals surface area contributed by atoms with Crippen LogP contribution in [0, 0.1) is 0 Å². The molecule has 0 aliphatic heterocycles. The smallest absolute Gasteiger partial charge is 0.164 e. The SMILES string of the molecule is c1ccc2cc(-c3nc(-c4ccc5oc6ccccc6c5c4)nc(-c4ccc(-n5c6cc7ccccc7cc6c6cc7ccccc7cc65)c5oc6ccccc6c45)n3)ccc2c1. The highest BCUT2D eigenvalue weighted by Crippen LogP contribution is 2.44. The van der Waals surface area contributed by atoms with Crippen molar-refractivity contribution in [1.82, 2.24) is 19.5 Å². The summed E-state index contributed by atoms with van der Waals surface area (Å²) in [5, 5.41) is 13.4. The second-order valence-corrected chi connectivity index (χ2v) is 16.4. The molecular formula is C57H32N4O2. The molecule has 0 spiro atoms. The minimum atomic E-state index is 0.558. The molecule has 0 atom stereocenters. The Morgan fingerprint density at radius 1 is 0.333 bits per heavy atom. The molecule has 14 aromatic rings. The fraction of sp³-hybridized carbons (Fsp3) is 0. The van der Waals surface area contributed by atoms with Gasteiger partial charge in [-0.1, -0.05) is 121 Å². The van der Waals surface area contributed by atoms with Gasteiger partial charge in [0.05, 0.1) is 16.7 Å². The van der Waals surface area contributed by atoms with Crippen LogP contribution in [0.4, 0.5) is 0 Å². The highest BCUT2D eigenvalue weighted by Gasteiger charge is 2.24. The minimum absolute atomic E-state index is 0.558. The zero-order valence-corrected chi connectivity index (χ0v) is 33.6. The third-order valence-corrected chi connectivity index (χ3v) is 12.8. The first-order valence-corrected chi connectivity index (χ1v) is 21.2. The van der Waals surface area contributed by atoms with Crippen LogP contribution in [-0.2, 0) is 0 Å². The number of hydrogen-bond acceptors (Lipinski definition) is 5. The standard InChI is InChI=1S/C57H32N4O2/c1-2-12-34-27-39(22-21-33(34)11-1)55-58-56(40-23-26-52-46(30-40)41-17-7-9-19-50(41)62-52)60-57(59-55)43-24-25-47(54-53(43)42-18-8-10-20-51(42)63-54)61-48-31-37-15-5-3-13-35(37)28-44(48)45-29-36-14-4-6-16-38(36)32-49(45)61/h1-32H. The first-order valence-electron chi connectivity index (χ1n) is 21.2. The van der Waals surface area contributed by atoms with Crippen molar-refractivity contribution in [2.75, 3.05) is 0 Å². The summed E-state index contributed by atoms with van der Waals surface area (Å²) in [6.07, 6.45) is 0. The Labute approximate surface area is 358 Å². The van der Waals surface area contributed by atoms with Crippen LogP contribution in [0.1, 0.15) is 0 Å². The molecule has 6 heteroatoms. The number of rotatable bonds is 4. The van der Waals surface area contributed by atoms with Gasteiger partial charge in [0.2, 0.25) is 0 Å². The van der Waals surface area contributed by atoms with Gasteiger partial charge in [0, 0.05) is 49.0 Å². The van der Waals surface area contributed by atoms with Crippen molar-refractivity contribution < 1.29 is 8.83 Å². The predicted molar refractivity (Wildman–Crippen MR) is 258 cm³/mol. The fourth-order valence-corrected chi connectivity index (χ4v) is 9.77. The van der Waals surface area contributed by atoms with Crippen molar-refractivity contribution in [1.29, 1.82) is 0 Å². The van der Waals surface area contributed by atoms with Crippen LogP contribution in [0.3, 0.4) is 0 Å². The summed E-state index contributed by atoms with van der Waals surface area (Å²) >= 11 is 0. The molecule has 0 N–H and O–H groups in total. The zero-order chi connectivity index (χ0) is 41.2. The van der Waals surface area contributed by atoms with Crippen LogP contribution in [0.2, 0.25) is 0 Å². The summed E-state index contributed by atoms with van der Waals surface area (Å²) in [6, 6.07) is 68.1. The number of hydrogen-bond donors (Lipinski definition) is 0. The highest BCUT2D eigenvalue weighted by molar-refractivity contribution is 6.19. The maximum atomic E-state index is 7.00. The summed E-state index contributed by atoms with van der Waals surface area (Å²) in [7, 11) is 0. The van der Waals surface area contributed by atoms with Crippen LogP contribution in [0.15, 0.2) is 203 Å². The summed E-state index contributed by atoms with van der Waals surface area (Å²) in [4.78, 5) is 15.8. The molecule has 0 saturated heterocycles.